The molecule has 0 radical (unpaired) electrons. The molecule has 3 nitrogen and oxygen atoms in total. The zero-order valence-corrected chi connectivity index (χ0v) is 12.7. The lowest BCUT2D eigenvalue weighted by Gasteiger charge is -2.15. The smallest absolute Gasteiger partial charge is 0.141 e. The van der Waals surface area contributed by atoms with Crippen LogP contribution in [0.1, 0.15) is 18.1 Å². The zero-order valence-electron chi connectivity index (χ0n) is 11.1. The average molecular weight is 311 g/mol. The number of para-hydroxylation sites is 1. The summed E-state index contributed by atoms with van der Waals surface area (Å²) in [6.45, 7) is 2.29. The Bertz CT molecular complexity index is 588. The summed E-state index contributed by atoms with van der Waals surface area (Å²) >= 11 is 12.3. The van der Waals surface area contributed by atoms with Crippen LogP contribution in [0.4, 0.5) is 0 Å². The Morgan fingerprint density at radius 1 is 1.20 bits per heavy atom. The summed E-state index contributed by atoms with van der Waals surface area (Å²) in [6, 6.07) is 7.53. The SMILES string of the molecule is CC(N)Cc1cccc(Cl)c1OCc1ccncc1Cl. The summed E-state index contributed by atoms with van der Waals surface area (Å²) in [5, 5.41) is 1.15. The largest absolute Gasteiger partial charge is 0.487 e. The van der Waals surface area contributed by atoms with Crippen molar-refractivity contribution in [2.24, 2.45) is 5.73 Å². The second kappa shape index (κ2) is 6.93. The molecule has 1 atom stereocenters. The Morgan fingerprint density at radius 2 is 2.00 bits per heavy atom. The second-order valence-electron chi connectivity index (χ2n) is 4.67. The van der Waals surface area contributed by atoms with Gasteiger partial charge < -0.3 is 10.5 Å². The number of nitrogens with zero attached hydrogens (tertiary/aromatic N) is 1. The maximum Gasteiger partial charge on any atom is 0.141 e. The molecule has 0 aliphatic heterocycles. The fourth-order valence-corrected chi connectivity index (χ4v) is 2.32. The molecule has 0 saturated heterocycles. The van der Waals surface area contributed by atoms with Crippen LogP contribution in [0.3, 0.4) is 0 Å². The minimum atomic E-state index is 0.0420. The molecule has 20 heavy (non-hydrogen) atoms. The van der Waals surface area contributed by atoms with E-state index < -0.39 is 0 Å². The fourth-order valence-electron chi connectivity index (χ4n) is 1.89. The van der Waals surface area contributed by atoms with Gasteiger partial charge in [-0.15, -0.1) is 0 Å². The van der Waals surface area contributed by atoms with Crippen LogP contribution < -0.4 is 10.5 Å². The highest BCUT2D eigenvalue weighted by molar-refractivity contribution is 6.32. The van der Waals surface area contributed by atoms with Crippen LogP contribution in [-0.2, 0) is 13.0 Å². The van der Waals surface area contributed by atoms with Gasteiger partial charge in [-0.3, -0.25) is 4.98 Å². The summed E-state index contributed by atoms with van der Waals surface area (Å²) < 4.78 is 5.84. The molecule has 1 aromatic carbocycles. The Morgan fingerprint density at radius 3 is 2.70 bits per heavy atom. The first kappa shape index (κ1) is 15.1. The fraction of sp³-hybridized carbons (Fsp3) is 0.267. The monoisotopic (exact) mass is 310 g/mol. The summed E-state index contributed by atoms with van der Waals surface area (Å²) in [6.07, 6.45) is 3.98. The molecule has 0 aliphatic rings. The minimum Gasteiger partial charge on any atom is -0.487 e. The number of hydrogen-bond donors (Lipinski definition) is 1. The number of hydrogen-bond acceptors (Lipinski definition) is 3. The van der Waals surface area contributed by atoms with Crippen molar-refractivity contribution in [3.05, 3.63) is 57.8 Å². The maximum absolute atomic E-state index is 6.21. The van der Waals surface area contributed by atoms with E-state index in [2.05, 4.69) is 4.98 Å². The molecule has 1 unspecified atom stereocenters. The molecule has 0 aliphatic carbocycles. The number of aromatic nitrogens is 1. The Hall–Kier alpha value is -1.29. The molecule has 0 fully saturated rings. The third-order valence-corrected chi connectivity index (χ3v) is 3.46. The topological polar surface area (TPSA) is 48.1 Å². The first-order valence-corrected chi connectivity index (χ1v) is 7.07. The maximum atomic E-state index is 6.21. The van der Waals surface area contributed by atoms with Crippen LogP contribution in [0, 0.1) is 0 Å². The molecule has 2 aromatic rings. The van der Waals surface area contributed by atoms with Crippen LogP contribution in [0.5, 0.6) is 5.75 Å². The molecule has 0 bridgehead atoms. The van der Waals surface area contributed by atoms with Crippen molar-refractivity contribution in [2.75, 3.05) is 0 Å². The Balaban J connectivity index is 2.18. The number of pyridine rings is 1. The van der Waals surface area contributed by atoms with E-state index in [0.717, 1.165) is 11.1 Å². The molecular formula is C15H16Cl2N2O. The van der Waals surface area contributed by atoms with Crippen molar-refractivity contribution in [2.45, 2.75) is 26.0 Å². The highest BCUT2D eigenvalue weighted by Crippen LogP contribution is 2.30. The highest BCUT2D eigenvalue weighted by atomic mass is 35.5. The number of rotatable bonds is 5. The molecule has 1 aromatic heterocycles. The minimum absolute atomic E-state index is 0.0420. The second-order valence-corrected chi connectivity index (χ2v) is 5.48. The van der Waals surface area contributed by atoms with E-state index in [4.69, 9.17) is 33.7 Å². The Labute approximate surface area is 128 Å². The zero-order chi connectivity index (χ0) is 14.5. The van der Waals surface area contributed by atoms with Crippen LogP contribution >= 0.6 is 23.2 Å². The molecular weight excluding hydrogens is 295 g/mol. The van der Waals surface area contributed by atoms with Gasteiger partial charge in [-0.05, 0) is 31.0 Å². The summed E-state index contributed by atoms with van der Waals surface area (Å²) in [7, 11) is 0. The van der Waals surface area contributed by atoms with Crippen LogP contribution in [0.25, 0.3) is 0 Å². The lowest BCUT2D eigenvalue weighted by Crippen LogP contribution is -2.18. The molecule has 106 valence electrons. The van der Waals surface area contributed by atoms with Crippen LogP contribution in [-0.4, -0.2) is 11.0 Å². The van der Waals surface area contributed by atoms with Crippen molar-refractivity contribution < 1.29 is 4.74 Å². The van der Waals surface area contributed by atoms with Gasteiger partial charge >= 0.3 is 0 Å². The van der Waals surface area contributed by atoms with Gasteiger partial charge in [-0.25, -0.2) is 0 Å². The lowest BCUT2D eigenvalue weighted by molar-refractivity contribution is 0.302. The highest BCUT2D eigenvalue weighted by Gasteiger charge is 2.11. The molecule has 0 saturated carbocycles. The van der Waals surface area contributed by atoms with Gasteiger partial charge in [0.05, 0.1) is 10.0 Å². The lowest BCUT2D eigenvalue weighted by atomic mass is 10.1. The Kier molecular flexibility index (Phi) is 5.24. The van der Waals surface area contributed by atoms with Crippen molar-refractivity contribution in [1.82, 2.24) is 4.98 Å². The van der Waals surface area contributed by atoms with Gasteiger partial charge in [-0.1, -0.05) is 35.3 Å². The van der Waals surface area contributed by atoms with Crippen LogP contribution in [0.2, 0.25) is 10.0 Å². The first-order valence-electron chi connectivity index (χ1n) is 6.32. The predicted molar refractivity (Wildman–Crippen MR) is 82.4 cm³/mol. The van der Waals surface area contributed by atoms with Crippen LogP contribution in [0.15, 0.2) is 36.7 Å². The first-order chi connectivity index (χ1) is 9.58. The van der Waals surface area contributed by atoms with Gasteiger partial charge in [0, 0.05) is 24.0 Å². The molecule has 2 rings (SSSR count). The number of ether oxygens (including phenoxy) is 1. The van der Waals surface area contributed by atoms with E-state index in [1.165, 1.54) is 0 Å². The summed E-state index contributed by atoms with van der Waals surface area (Å²) in [4.78, 5) is 3.94. The molecule has 2 N–H and O–H groups in total. The van der Waals surface area contributed by atoms with E-state index in [1.54, 1.807) is 18.5 Å². The van der Waals surface area contributed by atoms with Crippen molar-refractivity contribution in [1.29, 1.82) is 0 Å². The molecule has 0 spiro atoms. The summed E-state index contributed by atoms with van der Waals surface area (Å²) in [5.74, 6) is 0.666. The number of nitrogens with two attached hydrogens (primary N) is 1. The normalized spacial score (nSPS) is 12.2. The van der Waals surface area contributed by atoms with E-state index in [-0.39, 0.29) is 6.04 Å². The van der Waals surface area contributed by atoms with E-state index in [1.807, 2.05) is 25.1 Å². The molecule has 0 amide bonds. The van der Waals surface area contributed by atoms with Gasteiger partial charge in [-0.2, -0.15) is 0 Å². The van der Waals surface area contributed by atoms with E-state index in [9.17, 15) is 0 Å². The van der Waals surface area contributed by atoms with Crippen molar-refractivity contribution in [3.63, 3.8) is 0 Å². The molecule has 1 heterocycles. The van der Waals surface area contributed by atoms with Gasteiger partial charge in [0.25, 0.3) is 0 Å². The van der Waals surface area contributed by atoms with Gasteiger partial charge in [0.1, 0.15) is 12.4 Å². The number of benzene rings is 1. The standard InChI is InChI=1S/C15H16Cl2N2O/c1-10(18)7-11-3-2-4-13(16)15(11)20-9-12-5-6-19-8-14(12)17/h2-6,8,10H,7,9,18H2,1H3. The quantitative estimate of drug-likeness (QED) is 0.912. The third kappa shape index (κ3) is 3.85. The third-order valence-electron chi connectivity index (χ3n) is 2.82. The van der Waals surface area contributed by atoms with E-state index in [0.29, 0.717) is 28.8 Å². The number of halogens is 2. The average Bonchev–Trinajstić information content (AvgIpc) is 2.39. The van der Waals surface area contributed by atoms with Gasteiger partial charge in [0.2, 0.25) is 0 Å². The molecule has 5 heteroatoms. The van der Waals surface area contributed by atoms with Crippen molar-refractivity contribution >= 4 is 23.2 Å². The summed E-state index contributed by atoms with van der Waals surface area (Å²) in [5.41, 5.74) is 7.71. The van der Waals surface area contributed by atoms with Gasteiger partial charge in [0.15, 0.2) is 0 Å². The van der Waals surface area contributed by atoms with E-state index >= 15 is 0 Å². The predicted octanol–water partition coefficient (Wildman–Crippen LogP) is 3.86. The van der Waals surface area contributed by atoms with Crippen molar-refractivity contribution in [3.8, 4) is 5.75 Å².